The molecule has 4 nitrogen and oxygen atoms in total. The van der Waals surface area contributed by atoms with Crippen molar-refractivity contribution in [3.63, 3.8) is 0 Å². The van der Waals surface area contributed by atoms with Crippen molar-refractivity contribution in [2.24, 2.45) is 0 Å². The van der Waals surface area contributed by atoms with Gasteiger partial charge in [0.1, 0.15) is 0 Å². The molecular weight excluding hydrogens is 310 g/mol. The summed E-state index contributed by atoms with van der Waals surface area (Å²) >= 11 is 3.39. The number of halogens is 1. The van der Waals surface area contributed by atoms with E-state index < -0.39 is 11.5 Å². The van der Waals surface area contributed by atoms with Crippen LogP contribution < -0.4 is 5.32 Å². The summed E-state index contributed by atoms with van der Waals surface area (Å²) in [5.41, 5.74) is 0.913. The zero-order valence-corrected chi connectivity index (χ0v) is 12.9. The number of hydrogen-bond acceptors (Lipinski definition) is 2. The zero-order chi connectivity index (χ0) is 14.6. The lowest BCUT2D eigenvalue weighted by Crippen LogP contribution is -2.43. The first-order valence-corrected chi connectivity index (χ1v) is 6.81. The van der Waals surface area contributed by atoms with Crippen LogP contribution >= 0.6 is 15.9 Å². The highest BCUT2D eigenvalue weighted by Crippen LogP contribution is 2.20. The molecule has 0 unspecified atom stereocenters. The molecular formula is C14H18BrNO3. The van der Waals surface area contributed by atoms with E-state index in [-0.39, 0.29) is 12.3 Å². The molecule has 0 aliphatic carbocycles. The fraction of sp³-hybridized carbons (Fsp3) is 0.429. The van der Waals surface area contributed by atoms with Crippen molar-refractivity contribution in [1.29, 1.82) is 0 Å². The fourth-order valence-electron chi connectivity index (χ4n) is 1.71. The molecule has 5 heteroatoms. The molecule has 0 aliphatic heterocycles. The predicted molar refractivity (Wildman–Crippen MR) is 77.3 cm³/mol. The number of benzene rings is 1. The molecule has 1 aromatic rings. The average Bonchev–Trinajstić information content (AvgIpc) is 2.29. The van der Waals surface area contributed by atoms with E-state index in [1.54, 1.807) is 12.1 Å². The Hall–Kier alpha value is -1.36. The maximum atomic E-state index is 12.2. The van der Waals surface area contributed by atoms with Gasteiger partial charge in [0.05, 0.1) is 0 Å². The normalized spacial score (nSPS) is 11.2. The van der Waals surface area contributed by atoms with E-state index in [1.807, 2.05) is 26.8 Å². The van der Waals surface area contributed by atoms with Crippen molar-refractivity contribution in [2.45, 2.75) is 39.2 Å². The van der Waals surface area contributed by atoms with Crippen LogP contribution in [0.5, 0.6) is 0 Å². The van der Waals surface area contributed by atoms with Crippen molar-refractivity contribution in [1.82, 2.24) is 5.32 Å². The Bertz CT molecular complexity index is 497. The number of aliphatic carboxylic acids is 1. The Kier molecular flexibility index (Phi) is 5.11. The maximum absolute atomic E-state index is 12.2. The van der Waals surface area contributed by atoms with Gasteiger partial charge in [-0.1, -0.05) is 22.0 Å². The molecule has 0 heterocycles. The number of carbonyl (C=O) groups is 2. The largest absolute Gasteiger partial charge is 0.481 e. The van der Waals surface area contributed by atoms with Crippen LogP contribution in [0.4, 0.5) is 0 Å². The maximum Gasteiger partial charge on any atom is 0.303 e. The molecule has 0 spiro atoms. The van der Waals surface area contributed by atoms with Gasteiger partial charge in [-0.05, 0) is 44.9 Å². The van der Waals surface area contributed by atoms with Gasteiger partial charge in [-0.25, -0.2) is 0 Å². The smallest absolute Gasteiger partial charge is 0.303 e. The van der Waals surface area contributed by atoms with Crippen LogP contribution in [-0.4, -0.2) is 22.5 Å². The first-order chi connectivity index (χ1) is 8.73. The second-order valence-electron chi connectivity index (χ2n) is 5.14. The van der Waals surface area contributed by atoms with Gasteiger partial charge in [-0.3, -0.25) is 9.59 Å². The number of rotatable bonds is 5. The van der Waals surface area contributed by atoms with Crippen LogP contribution in [0.25, 0.3) is 0 Å². The van der Waals surface area contributed by atoms with Crippen LogP contribution in [0, 0.1) is 6.92 Å². The Morgan fingerprint density at radius 1 is 1.37 bits per heavy atom. The predicted octanol–water partition coefficient (Wildman–Crippen LogP) is 3.13. The summed E-state index contributed by atoms with van der Waals surface area (Å²) in [4.78, 5) is 22.8. The van der Waals surface area contributed by atoms with Gasteiger partial charge in [0.15, 0.2) is 0 Å². The Labute approximate surface area is 121 Å². The number of amides is 1. The van der Waals surface area contributed by atoms with Gasteiger partial charge in [0, 0.05) is 22.0 Å². The van der Waals surface area contributed by atoms with Crippen LogP contribution in [-0.2, 0) is 4.79 Å². The standard InChI is InChI=1S/C14H18BrNO3/c1-9-10(5-4-6-11(9)15)13(19)16-14(2,3)8-7-12(17)18/h4-6H,7-8H2,1-3H3,(H,16,19)(H,17,18). The van der Waals surface area contributed by atoms with Gasteiger partial charge in [0.25, 0.3) is 5.91 Å². The van der Waals surface area contributed by atoms with Crippen molar-refractivity contribution < 1.29 is 14.7 Å². The first kappa shape index (κ1) is 15.7. The van der Waals surface area contributed by atoms with E-state index >= 15 is 0 Å². The van der Waals surface area contributed by atoms with Crippen LogP contribution in [0.1, 0.15) is 42.6 Å². The molecule has 104 valence electrons. The highest BCUT2D eigenvalue weighted by molar-refractivity contribution is 9.10. The molecule has 2 N–H and O–H groups in total. The number of carbonyl (C=O) groups excluding carboxylic acids is 1. The van der Waals surface area contributed by atoms with Crippen molar-refractivity contribution in [3.8, 4) is 0 Å². The molecule has 1 amide bonds. The second-order valence-corrected chi connectivity index (χ2v) is 6.00. The minimum absolute atomic E-state index is 0.0325. The summed E-state index contributed by atoms with van der Waals surface area (Å²) in [6.07, 6.45) is 0.422. The van der Waals surface area contributed by atoms with Crippen molar-refractivity contribution in [2.75, 3.05) is 0 Å². The lowest BCUT2D eigenvalue weighted by Gasteiger charge is -2.26. The molecule has 1 aromatic carbocycles. The molecule has 0 fully saturated rings. The minimum atomic E-state index is -0.860. The van der Waals surface area contributed by atoms with Gasteiger partial charge >= 0.3 is 5.97 Å². The lowest BCUT2D eigenvalue weighted by atomic mass is 9.97. The molecule has 0 saturated heterocycles. The molecule has 19 heavy (non-hydrogen) atoms. The second kappa shape index (κ2) is 6.19. The number of carboxylic acid groups (broad SMARTS) is 1. The zero-order valence-electron chi connectivity index (χ0n) is 11.3. The van der Waals surface area contributed by atoms with E-state index in [0.717, 1.165) is 10.0 Å². The Balaban J connectivity index is 2.79. The molecule has 0 aliphatic rings. The van der Waals surface area contributed by atoms with Crippen LogP contribution in [0.2, 0.25) is 0 Å². The molecule has 1 rings (SSSR count). The Morgan fingerprint density at radius 3 is 2.58 bits per heavy atom. The van der Waals surface area contributed by atoms with Crippen molar-refractivity contribution >= 4 is 27.8 Å². The van der Waals surface area contributed by atoms with E-state index in [1.165, 1.54) is 0 Å². The third kappa shape index (κ3) is 4.67. The summed E-state index contributed by atoms with van der Waals surface area (Å²) in [6, 6.07) is 5.43. The summed E-state index contributed by atoms with van der Waals surface area (Å²) in [5, 5.41) is 11.6. The monoisotopic (exact) mass is 327 g/mol. The summed E-state index contributed by atoms with van der Waals surface area (Å²) in [7, 11) is 0. The SMILES string of the molecule is Cc1c(Br)cccc1C(=O)NC(C)(C)CCC(=O)O. The van der Waals surface area contributed by atoms with E-state index in [2.05, 4.69) is 21.2 Å². The number of nitrogens with one attached hydrogen (secondary N) is 1. The lowest BCUT2D eigenvalue weighted by molar-refractivity contribution is -0.137. The summed E-state index contributed by atoms with van der Waals surface area (Å²) < 4.78 is 0.878. The highest BCUT2D eigenvalue weighted by Gasteiger charge is 2.23. The van der Waals surface area contributed by atoms with Crippen LogP contribution in [0.3, 0.4) is 0 Å². The average molecular weight is 328 g/mol. The third-order valence-electron chi connectivity index (χ3n) is 2.93. The molecule has 0 atom stereocenters. The molecule has 0 bridgehead atoms. The van der Waals surface area contributed by atoms with Gasteiger partial charge in [-0.2, -0.15) is 0 Å². The minimum Gasteiger partial charge on any atom is -0.481 e. The fourth-order valence-corrected chi connectivity index (χ4v) is 2.08. The summed E-state index contributed by atoms with van der Waals surface area (Å²) in [5.74, 6) is -1.05. The molecule has 0 radical (unpaired) electrons. The molecule has 0 saturated carbocycles. The number of carboxylic acids is 1. The van der Waals surface area contributed by atoms with E-state index in [0.29, 0.717) is 12.0 Å². The number of hydrogen-bond donors (Lipinski definition) is 2. The van der Waals surface area contributed by atoms with E-state index in [4.69, 9.17) is 5.11 Å². The topological polar surface area (TPSA) is 66.4 Å². The highest BCUT2D eigenvalue weighted by atomic mass is 79.9. The quantitative estimate of drug-likeness (QED) is 0.873. The molecule has 0 aromatic heterocycles. The third-order valence-corrected chi connectivity index (χ3v) is 3.79. The van der Waals surface area contributed by atoms with Gasteiger partial charge < -0.3 is 10.4 Å². The van der Waals surface area contributed by atoms with Crippen molar-refractivity contribution in [3.05, 3.63) is 33.8 Å². The summed E-state index contributed by atoms with van der Waals surface area (Å²) in [6.45, 7) is 5.51. The van der Waals surface area contributed by atoms with Crippen LogP contribution in [0.15, 0.2) is 22.7 Å². The van der Waals surface area contributed by atoms with Gasteiger partial charge in [0.2, 0.25) is 0 Å². The van der Waals surface area contributed by atoms with Gasteiger partial charge in [-0.15, -0.1) is 0 Å². The van der Waals surface area contributed by atoms with E-state index in [9.17, 15) is 9.59 Å². The Morgan fingerprint density at radius 2 is 2.00 bits per heavy atom. The first-order valence-electron chi connectivity index (χ1n) is 6.02.